The zero-order chi connectivity index (χ0) is 16.7. The Kier molecular flexibility index (Phi) is 4.28. The van der Waals surface area contributed by atoms with Crippen molar-refractivity contribution in [2.24, 2.45) is 5.92 Å². The molecule has 1 aromatic rings. The first kappa shape index (κ1) is 16.5. The maximum atomic E-state index is 12.7. The van der Waals surface area contributed by atoms with Crippen molar-refractivity contribution in [3.05, 3.63) is 24.3 Å². The number of nitrogens with zero attached hydrogens (tertiary/aromatic N) is 1. The monoisotopic (exact) mass is 350 g/mol. The van der Waals surface area contributed by atoms with E-state index in [4.69, 9.17) is 0 Å². The zero-order valence-corrected chi connectivity index (χ0v) is 13.0. The third-order valence-electron chi connectivity index (χ3n) is 4.31. The molecule has 2 aliphatic heterocycles. The van der Waals surface area contributed by atoms with Crippen LogP contribution in [-0.4, -0.2) is 44.8 Å². The number of nitrogens with one attached hydrogen (secondary N) is 1. The van der Waals surface area contributed by atoms with Gasteiger partial charge in [0.15, 0.2) is 0 Å². The minimum absolute atomic E-state index is 0.203. The van der Waals surface area contributed by atoms with Crippen LogP contribution in [-0.2, 0) is 10.0 Å². The summed E-state index contributed by atoms with van der Waals surface area (Å²) in [6, 6.07) is 5.16. The molecule has 2 fully saturated rings. The van der Waals surface area contributed by atoms with Crippen molar-refractivity contribution in [1.82, 2.24) is 9.62 Å². The summed E-state index contributed by atoms with van der Waals surface area (Å²) in [4.78, 5) is -0.443. The summed E-state index contributed by atoms with van der Waals surface area (Å²) in [7, 11) is -4.02. The van der Waals surface area contributed by atoms with Gasteiger partial charge in [0.2, 0.25) is 10.0 Å². The van der Waals surface area contributed by atoms with Crippen molar-refractivity contribution in [3.63, 3.8) is 0 Å². The van der Waals surface area contributed by atoms with Crippen LogP contribution in [0, 0.1) is 5.92 Å². The van der Waals surface area contributed by atoms with Crippen molar-refractivity contribution < 1.29 is 26.3 Å². The lowest BCUT2D eigenvalue weighted by atomic mass is 9.95. The number of rotatable bonds is 3. The number of fused-ring (bicyclic) bond motifs is 1. The van der Waals surface area contributed by atoms with Gasteiger partial charge in [-0.05, 0) is 37.4 Å². The quantitative estimate of drug-likeness (QED) is 0.905. The van der Waals surface area contributed by atoms with Crippen LogP contribution in [0.4, 0.5) is 13.2 Å². The number of piperidine rings is 1. The SMILES string of the molecule is O=S(=O)(c1ccccc1OC(F)(F)F)N1CCC2NCCC2C1. The van der Waals surface area contributed by atoms with Gasteiger partial charge in [-0.2, -0.15) is 4.31 Å². The second kappa shape index (κ2) is 5.95. The van der Waals surface area contributed by atoms with E-state index in [0.717, 1.165) is 25.1 Å². The van der Waals surface area contributed by atoms with Gasteiger partial charge >= 0.3 is 6.36 Å². The minimum Gasteiger partial charge on any atom is -0.404 e. The van der Waals surface area contributed by atoms with Crippen LogP contribution in [0.1, 0.15) is 12.8 Å². The Bertz CT molecular complexity index is 678. The fraction of sp³-hybridized carbons (Fsp3) is 0.571. The molecule has 9 heteroatoms. The molecule has 0 saturated carbocycles. The fourth-order valence-corrected chi connectivity index (χ4v) is 4.87. The Balaban J connectivity index is 1.88. The van der Waals surface area contributed by atoms with Crippen LogP contribution in [0.5, 0.6) is 5.75 Å². The Morgan fingerprint density at radius 3 is 2.70 bits per heavy atom. The summed E-state index contributed by atoms with van der Waals surface area (Å²) in [5.74, 6) is -0.485. The molecule has 2 atom stereocenters. The number of benzene rings is 1. The number of ether oxygens (including phenoxy) is 1. The average Bonchev–Trinajstić information content (AvgIpc) is 2.93. The molecule has 0 radical (unpaired) electrons. The molecule has 23 heavy (non-hydrogen) atoms. The van der Waals surface area contributed by atoms with E-state index in [2.05, 4.69) is 10.1 Å². The third-order valence-corrected chi connectivity index (χ3v) is 6.22. The zero-order valence-electron chi connectivity index (χ0n) is 12.2. The molecule has 0 aliphatic carbocycles. The Hall–Kier alpha value is -1.32. The minimum atomic E-state index is -4.94. The fourth-order valence-electron chi connectivity index (χ4n) is 3.24. The molecular weight excluding hydrogens is 333 g/mol. The smallest absolute Gasteiger partial charge is 0.404 e. The summed E-state index contributed by atoms with van der Waals surface area (Å²) in [6.07, 6.45) is -3.41. The molecule has 1 N–H and O–H groups in total. The van der Waals surface area contributed by atoms with Gasteiger partial charge in [0.25, 0.3) is 0 Å². The first-order chi connectivity index (χ1) is 10.8. The molecule has 0 spiro atoms. The van der Waals surface area contributed by atoms with Gasteiger partial charge in [-0.25, -0.2) is 8.42 Å². The van der Waals surface area contributed by atoms with Crippen LogP contribution in [0.2, 0.25) is 0 Å². The van der Waals surface area contributed by atoms with E-state index in [1.165, 1.54) is 16.4 Å². The summed E-state index contributed by atoms with van der Waals surface area (Å²) in [6.45, 7) is 1.45. The molecule has 2 aliphatic rings. The molecule has 2 unspecified atom stereocenters. The van der Waals surface area contributed by atoms with E-state index < -0.39 is 27.0 Å². The lowest BCUT2D eigenvalue weighted by Gasteiger charge is -2.34. The second-order valence-electron chi connectivity index (χ2n) is 5.76. The van der Waals surface area contributed by atoms with E-state index in [9.17, 15) is 21.6 Å². The molecule has 3 rings (SSSR count). The van der Waals surface area contributed by atoms with E-state index in [-0.39, 0.29) is 12.5 Å². The molecule has 1 aromatic carbocycles. The van der Waals surface area contributed by atoms with Gasteiger partial charge < -0.3 is 10.1 Å². The summed E-state index contributed by atoms with van der Waals surface area (Å²) in [5.41, 5.74) is 0. The standard InChI is InChI=1S/C14H17F3N2O3S/c15-14(16,17)22-12-3-1-2-4-13(12)23(20,21)19-8-6-11-10(9-19)5-7-18-11/h1-4,10-11,18H,5-9H2. The molecule has 2 saturated heterocycles. The highest BCUT2D eigenvalue weighted by molar-refractivity contribution is 7.89. The molecular formula is C14H17F3N2O3S. The normalized spacial score (nSPS) is 26.0. The first-order valence-corrected chi connectivity index (χ1v) is 8.80. The van der Waals surface area contributed by atoms with Crippen molar-refractivity contribution in [2.75, 3.05) is 19.6 Å². The van der Waals surface area contributed by atoms with E-state index in [1.54, 1.807) is 0 Å². The topological polar surface area (TPSA) is 58.6 Å². The highest BCUT2D eigenvalue weighted by Crippen LogP contribution is 2.34. The maximum absolute atomic E-state index is 12.7. The summed E-state index contributed by atoms with van der Waals surface area (Å²) < 4.78 is 68.1. The average molecular weight is 350 g/mol. The van der Waals surface area contributed by atoms with Crippen molar-refractivity contribution >= 4 is 10.0 Å². The predicted molar refractivity (Wildman–Crippen MR) is 76.4 cm³/mol. The van der Waals surface area contributed by atoms with E-state index in [0.29, 0.717) is 19.0 Å². The lowest BCUT2D eigenvalue weighted by Crippen LogP contribution is -2.46. The number of hydrogen-bond donors (Lipinski definition) is 1. The van der Waals surface area contributed by atoms with Crippen LogP contribution < -0.4 is 10.1 Å². The number of halogens is 3. The Labute approximate surface area is 132 Å². The van der Waals surface area contributed by atoms with Crippen molar-refractivity contribution in [1.29, 1.82) is 0 Å². The lowest BCUT2D eigenvalue weighted by molar-refractivity contribution is -0.275. The predicted octanol–water partition coefficient (Wildman–Crippen LogP) is 1.96. The van der Waals surface area contributed by atoms with Crippen molar-refractivity contribution in [2.45, 2.75) is 30.1 Å². The second-order valence-corrected chi connectivity index (χ2v) is 7.66. The van der Waals surface area contributed by atoms with Crippen molar-refractivity contribution in [3.8, 4) is 5.75 Å². The summed E-state index contributed by atoms with van der Waals surface area (Å²) in [5, 5.41) is 3.32. The highest BCUT2D eigenvalue weighted by atomic mass is 32.2. The van der Waals surface area contributed by atoms with Crippen LogP contribution in [0.25, 0.3) is 0 Å². The number of hydrogen-bond acceptors (Lipinski definition) is 4. The maximum Gasteiger partial charge on any atom is 0.573 e. The largest absolute Gasteiger partial charge is 0.573 e. The van der Waals surface area contributed by atoms with Gasteiger partial charge in [-0.15, -0.1) is 13.2 Å². The molecule has 2 heterocycles. The number of alkyl halides is 3. The van der Waals surface area contributed by atoms with Gasteiger partial charge in [0.1, 0.15) is 10.6 Å². The third kappa shape index (κ3) is 3.46. The van der Waals surface area contributed by atoms with Gasteiger partial charge in [-0.3, -0.25) is 0 Å². The van der Waals surface area contributed by atoms with Crippen LogP contribution in [0.15, 0.2) is 29.2 Å². The number of para-hydroxylation sites is 1. The molecule has 0 bridgehead atoms. The molecule has 128 valence electrons. The molecule has 0 aromatic heterocycles. The van der Waals surface area contributed by atoms with Crippen LogP contribution >= 0.6 is 0 Å². The number of sulfonamides is 1. The van der Waals surface area contributed by atoms with E-state index in [1.807, 2.05) is 0 Å². The summed E-state index contributed by atoms with van der Waals surface area (Å²) >= 11 is 0. The van der Waals surface area contributed by atoms with Gasteiger partial charge in [0.05, 0.1) is 0 Å². The Morgan fingerprint density at radius 2 is 1.96 bits per heavy atom. The Morgan fingerprint density at radius 1 is 1.22 bits per heavy atom. The highest BCUT2D eigenvalue weighted by Gasteiger charge is 2.40. The van der Waals surface area contributed by atoms with E-state index >= 15 is 0 Å². The molecule has 0 amide bonds. The van der Waals surface area contributed by atoms with Gasteiger partial charge in [-0.1, -0.05) is 12.1 Å². The first-order valence-electron chi connectivity index (χ1n) is 7.36. The van der Waals surface area contributed by atoms with Gasteiger partial charge in [0, 0.05) is 19.1 Å². The molecule has 5 nitrogen and oxygen atoms in total. The van der Waals surface area contributed by atoms with Crippen LogP contribution in [0.3, 0.4) is 0 Å².